The zero-order valence-electron chi connectivity index (χ0n) is 30.8. The van der Waals surface area contributed by atoms with Crippen LogP contribution in [0.1, 0.15) is 65.6 Å². The van der Waals surface area contributed by atoms with Crippen molar-refractivity contribution >= 4 is 30.0 Å². The maximum absolute atomic E-state index is 13.5. The second-order valence-corrected chi connectivity index (χ2v) is 13.9. The van der Waals surface area contributed by atoms with Gasteiger partial charge in [-0.1, -0.05) is 12.1 Å². The van der Waals surface area contributed by atoms with E-state index in [1.165, 1.54) is 14.0 Å². The van der Waals surface area contributed by atoms with Gasteiger partial charge in [0.25, 0.3) is 0 Å². The maximum atomic E-state index is 13.5. The Morgan fingerprint density at radius 2 is 1.31 bits per heavy atom. The molecule has 0 saturated heterocycles. The van der Waals surface area contributed by atoms with E-state index in [1.54, 1.807) is 85.0 Å². The molecule has 15 nitrogen and oxygen atoms in total. The van der Waals surface area contributed by atoms with Gasteiger partial charge >= 0.3 is 18.2 Å². The Morgan fingerprint density at radius 1 is 0.784 bits per heavy atom. The van der Waals surface area contributed by atoms with Crippen LogP contribution in [0.25, 0.3) is 11.1 Å². The molecule has 0 unspecified atom stereocenters. The Bertz CT molecular complexity index is 1570. The maximum Gasteiger partial charge on any atom is 0.407 e. The summed E-state index contributed by atoms with van der Waals surface area (Å²) >= 11 is 0. The standard InChI is InChI=1S/C36H51N5O10/c1-21-30(42)41-26(32(44)47-9)19-22-10-12-27(48-16-14-38-33(45)50-35(2,3)4)24(18-22)25-20-23(29(37-8)31(43)40-21)11-13-28(25)49-17-15-39-34(46)51-36(5,6)7/h10-13,18,20-21,26,29,37H,14-17,19H2,1-9H3,(H,38,45)(H,39,46)(H,40,43)(H,41,42)/t21-,26-,29-/m0/s1. The minimum Gasteiger partial charge on any atom is -0.491 e. The van der Waals surface area contributed by atoms with Crippen molar-refractivity contribution in [2.75, 3.05) is 40.5 Å². The number of methoxy groups -OCH3 is 1. The number of carbonyl (C=O) groups excluding carboxylic acids is 5. The molecule has 51 heavy (non-hydrogen) atoms. The van der Waals surface area contributed by atoms with Crippen molar-refractivity contribution in [1.82, 2.24) is 26.6 Å². The molecular weight excluding hydrogens is 662 g/mol. The highest BCUT2D eigenvalue weighted by molar-refractivity contribution is 5.93. The predicted molar refractivity (Wildman–Crippen MR) is 188 cm³/mol. The molecule has 0 saturated carbocycles. The summed E-state index contributed by atoms with van der Waals surface area (Å²) in [6, 6.07) is 7.55. The van der Waals surface area contributed by atoms with Crippen LogP contribution in [0.3, 0.4) is 0 Å². The SMILES string of the molecule is CN[C@@H]1C(=O)N[C@@H](C)C(=O)N[C@H](C(=O)OC)Cc2ccc(OCCNC(=O)OC(C)(C)C)c(c2)-c2cc1ccc2OCCNC(=O)OC(C)(C)C. The zero-order valence-corrected chi connectivity index (χ0v) is 30.8. The van der Waals surface area contributed by atoms with Gasteiger partial charge in [-0.3, -0.25) is 9.59 Å². The van der Waals surface area contributed by atoms with Crippen LogP contribution >= 0.6 is 0 Å². The van der Waals surface area contributed by atoms with Crippen molar-refractivity contribution in [3.05, 3.63) is 47.5 Å². The number of rotatable bonds is 10. The number of ether oxygens (including phenoxy) is 5. The van der Waals surface area contributed by atoms with E-state index >= 15 is 0 Å². The first-order valence-electron chi connectivity index (χ1n) is 16.7. The van der Waals surface area contributed by atoms with E-state index in [0.717, 1.165) is 0 Å². The molecule has 3 rings (SSSR count). The molecule has 0 aromatic heterocycles. The predicted octanol–water partition coefficient (Wildman–Crippen LogP) is 3.14. The first kappa shape index (κ1) is 40.4. The van der Waals surface area contributed by atoms with Crippen LogP contribution in [0.5, 0.6) is 11.5 Å². The van der Waals surface area contributed by atoms with Gasteiger partial charge in [-0.15, -0.1) is 0 Å². The summed E-state index contributed by atoms with van der Waals surface area (Å²) in [4.78, 5) is 63.8. The third-order valence-corrected chi connectivity index (χ3v) is 7.27. The van der Waals surface area contributed by atoms with Crippen LogP contribution in [0, 0.1) is 0 Å². The lowest BCUT2D eigenvalue weighted by molar-refractivity contribution is -0.145. The summed E-state index contributed by atoms with van der Waals surface area (Å²) in [5.41, 5.74) is 0.962. The van der Waals surface area contributed by atoms with Crippen LogP contribution < -0.4 is 36.1 Å². The highest BCUT2D eigenvalue weighted by atomic mass is 16.6. The Balaban J connectivity index is 2.07. The molecular formula is C36H51N5O10. The van der Waals surface area contributed by atoms with Gasteiger partial charge in [0.2, 0.25) is 11.8 Å². The number of benzene rings is 2. The third-order valence-electron chi connectivity index (χ3n) is 7.27. The molecule has 4 bridgehead atoms. The number of hydrogen-bond donors (Lipinski definition) is 5. The number of hydrogen-bond acceptors (Lipinski definition) is 11. The minimum absolute atomic E-state index is 0.0569. The molecule has 2 aromatic rings. The van der Waals surface area contributed by atoms with Crippen molar-refractivity contribution in [1.29, 1.82) is 0 Å². The quantitative estimate of drug-likeness (QED) is 0.138. The molecule has 3 atom stereocenters. The fourth-order valence-corrected chi connectivity index (χ4v) is 5.04. The Hall–Kier alpha value is -5.05. The number of fused-ring (bicyclic) bond motifs is 5. The Kier molecular flexibility index (Phi) is 14.0. The van der Waals surface area contributed by atoms with Crippen molar-refractivity contribution in [3.8, 4) is 22.6 Å². The normalized spacial score (nSPS) is 17.9. The molecule has 4 amide bonds. The molecule has 0 aliphatic carbocycles. The summed E-state index contributed by atoms with van der Waals surface area (Å²) in [7, 11) is 2.84. The number of alkyl carbamates (subject to hydrolysis) is 2. The molecule has 0 spiro atoms. The van der Waals surface area contributed by atoms with Crippen molar-refractivity contribution in [3.63, 3.8) is 0 Å². The molecule has 1 aliphatic heterocycles. The Labute approximate surface area is 298 Å². The van der Waals surface area contributed by atoms with Gasteiger partial charge in [-0.05, 0) is 90.9 Å². The lowest BCUT2D eigenvalue weighted by Gasteiger charge is -2.25. The first-order chi connectivity index (χ1) is 23.9. The van der Waals surface area contributed by atoms with E-state index in [9.17, 15) is 24.0 Å². The van der Waals surface area contributed by atoms with Gasteiger partial charge in [0.15, 0.2) is 0 Å². The van der Waals surface area contributed by atoms with Gasteiger partial charge in [-0.2, -0.15) is 0 Å². The number of carbonyl (C=O) groups is 5. The molecule has 1 aliphatic rings. The highest BCUT2D eigenvalue weighted by Gasteiger charge is 2.29. The van der Waals surface area contributed by atoms with E-state index in [0.29, 0.717) is 33.8 Å². The van der Waals surface area contributed by atoms with Crippen LogP contribution in [-0.2, 0) is 35.0 Å². The summed E-state index contributed by atoms with van der Waals surface area (Å²) in [6.07, 6.45) is -1.12. The lowest BCUT2D eigenvalue weighted by Crippen LogP contribution is -2.52. The van der Waals surface area contributed by atoms with E-state index in [4.69, 9.17) is 23.7 Å². The molecule has 0 fully saturated rings. The van der Waals surface area contributed by atoms with E-state index in [2.05, 4.69) is 26.6 Å². The van der Waals surface area contributed by atoms with E-state index < -0.39 is 59.3 Å². The molecule has 0 radical (unpaired) electrons. The van der Waals surface area contributed by atoms with Crippen LogP contribution in [0.15, 0.2) is 36.4 Å². The zero-order chi connectivity index (χ0) is 37.9. The van der Waals surface area contributed by atoms with Crippen LogP contribution in [-0.4, -0.2) is 93.7 Å². The van der Waals surface area contributed by atoms with Crippen LogP contribution in [0.2, 0.25) is 0 Å². The summed E-state index contributed by atoms with van der Waals surface area (Å²) in [5.74, 6) is -0.893. The summed E-state index contributed by atoms with van der Waals surface area (Å²) in [5, 5.41) is 13.7. The second-order valence-electron chi connectivity index (χ2n) is 13.9. The highest BCUT2D eigenvalue weighted by Crippen LogP contribution is 2.39. The molecule has 15 heteroatoms. The van der Waals surface area contributed by atoms with Gasteiger partial charge in [0, 0.05) is 17.5 Å². The largest absolute Gasteiger partial charge is 0.491 e. The fraction of sp³-hybridized carbons (Fsp3) is 0.528. The second kappa shape index (κ2) is 17.7. The third kappa shape index (κ3) is 12.7. The molecule has 2 aromatic carbocycles. The van der Waals surface area contributed by atoms with Crippen molar-refractivity contribution in [2.45, 2.75) is 84.2 Å². The van der Waals surface area contributed by atoms with E-state index in [1.807, 2.05) is 0 Å². The smallest absolute Gasteiger partial charge is 0.407 e. The Morgan fingerprint density at radius 3 is 1.82 bits per heavy atom. The molecule has 280 valence electrons. The first-order valence-corrected chi connectivity index (χ1v) is 16.7. The number of amides is 4. The monoisotopic (exact) mass is 713 g/mol. The lowest BCUT2D eigenvalue weighted by atomic mass is 9.94. The molecule has 1 heterocycles. The summed E-state index contributed by atoms with van der Waals surface area (Å²) < 4.78 is 27.9. The van der Waals surface area contributed by atoms with Gasteiger partial charge in [0.05, 0.1) is 20.2 Å². The number of esters is 1. The fourth-order valence-electron chi connectivity index (χ4n) is 5.04. The average Bonchev–Trinajstić information content (AvgIpc) is 3.03. The molecule has 5 N–H and O–H groups in total. The van der Waals surface area contributed by atoms with Crippen molar-refractivity contribution in [2.24, 2.45) is 0 Å². The van der Waals surface area contributed by atoms with Gasteiger partial charge < -0.3 is 50.3 Å². The average molecular weight is 714 g/mol. The summed E-state index contributed by atoms with van der Waals surface area (Å²) in [6.45, 7) is 12.5. The van der Waals surface area contributed by atoms with Gasteiger partial charge in [0.1, 0.15) is 54.0 Å². The van der Waals surface area contributed by atoms with Gasteiger partial charge in [-0.25, -0.2) is 14.4 Å². The minimum atomic E-state index is -1.07. The number of likely N-dealkylation sites (N-methyl/N-ethyl adjacent to an activating group) is 1. The topological polar surface area (TPSA) is 192 Å². The van der Waals surface area contributed by atoms with Crippen molar-refractivity contribution < 1.29 is 47.7 Å². The number of nitrogens with one attached hydrogen (secondary N) is 5. The van der Waals surface area contributed by atoms with E-state index in [-0.39, 0.29) is 32.7 Å². The van der Waals surface area contributed by atoms with Crippen LogP contribution in [0.4, 0.5) is 9.59 Å².